The Morgan fingerprint density at radius 2 is 1.77 bits per heavy atom. The molecule has 26 heavy (non-hydrogen) atoms. The molecule has 0 atom stereocenters. The van der Waals surface area contributed by atoms with E-state index in [1.807, 2.05) is 30.3 Å². The van der Waals surface area contributed by atoms with Crippen molar-refractivity contribution in [3.8, 4) is 0 Å². The van der Waals surface area contributed by atoms with Crippen LogP contribution in [0.3, 0.4) is 0 Å². The van der Waals surface area contributed by atoms with Crippen molar-refractivity contribution in [2.24, 2.45) is 4.99 Å². The van der Waals surface area contributed by atoms with Gasteiger partial charge in [-0.3, -0.25) is 4.99 Å². The summed E-state index contributed by atoms with van der Waals surface area (Å²) in [5, 5.41) is 6.16. The monoisotopic (exact) mass is 384 g/mol. The summed E-state index contributed by atoms with van der Waals surface area (Å²) in [5.41, 5.74) is 0.933. The molecule has 0 aliphatic carbocycles. The topological polar surface area (TPSA) is 91.8 Å². The molecule has 0 fully saturated rings. The van der Waals surface area contributed by atoms with E-state index in [4.69, 9.17) is 4.74 Å². The molecule has 3 N–H and O–H groups in total. The number of unbranched alkanes of at least 4 members (excludes halogenated alkanes) is 1. The van der Waals surface area contributed by atoms with Crippen LogP contribution >= 0.6 is 0 Å². The van der Waals surface area contributed by atoms with Gasteiger partial charge in [0.15, 0.2) is 5.96 Å². The average molecular weight is 385 g/mol. The highest BCUT2D eigenvalue weighted by atomic mass is 32.2. The third-order valence-electron chi connectivity index (χ3n) is 3.63. The molecule has 1 rings (SSSR count). The Bertz CT molecular complexity index is 606. The summed E-state index contributed by atoms with van der Waals surface area (Å²) in [6.07, 6.45) is 3.10. The van der Waals surface area contributed by atoms with E-state index in [9.17, 15) is 8.42 Å². The fraction of sp³-hybridized carbons (Fsp3) is 0.611. The number of aliphatic imine (C=N–C) groups is 1. The largest absolute Gasteiger partial charge is 0.381 e. The van der Waals surface area contributed by atoms with Crippen LogP contribution in [-0.2, 0) is 21.3 Å². The maximum Gasteiger partial charge on any atom is 0.213 e. The highest BCUT2D eigenvalue weighted by molar-refractivity contribution is 7.89. The molecule has 0 heterocycles. The van der Waals surface area contributed by atoms with Crippen LogP contribution in [0.1, 0.15) is 31.7 Å². The average Bonchev–Trinajstić information content (AvgIpc) is 2.65. The van der Waals surface area contributed by atoms with E-state index in [1.165, 1.54) is 0 Å². The highest BCUT2D eigenvalue weighted by Crippen LogP contribution is 1.98. The van der Waals surface area contributed by atoms with Gasteiger partial charge in [0.1, 0.15) is 0 Å². The lowest BCUT2D eigenvalue weighted by atomic mass is 10.2. The van der Waals surface area contributed by atoms with Crippen molar-refractivity contribution in [3.63, 3.8) is 0 Å². The van der Waals surface area contributed by atoms with Gasteiger partial charge in [-0.25, -0.2) is 13.1 Å². The molecule has 0 saturated carbocycles. The van der Waals surface area contributed by atoms with Crippen molar-refractivity contribution in [2.75, 3.05) is 39.1 Å². The molecule has 0 saturated heterocycles. The van der Waals surface area contributed by atoms with Crippen LogP contribution in [-0.4, -0.2) is 53.5 Å². The van der Waals surface area contributed by atoms with Gasteiger partial charge in [0.25, 0.3) is 0 Å². The van der Waals surface area contributed by atoms with E-state index in [1.54, 1.807) is 7.05 Å². The second-order valence-electron chi connectivity index (χ2n) is 5.87. The lowest BCUT2D eigenvalue weighted by Gasteiger charge is -2.12. The van der Waals surface area contributed by atoms with Gasteiger partial charge < -0.3 is 15.4 Å². The van der Waals surface area contributed by atoms with Crippen molar-refractivity contribution in [2.45, 2.75) is 32.7 Å². The zero-order chi connectivity index (χ0) is 19.1. The lowest BCUT2D eigenvalue weighted by molar-refractivity contribution is 0.129. The SMILES string of the molecule is CCCCOCCCNC(=NC)NCCS(=O)(=O)NCc1ccccc1. The van der Waals surface area contributed by atoms with Crippen LogP contribution in [0.4, 0.5) is 0 Å². The van der Waals surface area contributed by atoms with Crippen LogP contribution in [0.25, 0.3) is 0 Å². The smallest absolute Gasteiger partial charge is 0.213 e. The Hall–Kier alpha value is -1.64. The van der Waals surface area contributed by atoms with Gasteiger partial charge in [0, 0.05) is 39.9 Å². The number of hydrogen-bond donors (Lipinski definition) is 3. The second-order valence-corrected chi connectivity index (χ2v) is 7.80. The molecule has 7 nitrogen and oxygen atoms in total. The molecule has 1 aromatic carbocycles. The molecule has 0 amide bonds. The van der Waals surface area contributed by atoms with Gasteiger partial charge in [0.05, 0.1) is 5.75 Å². The van der Waals surface area contributed by atoms with E-state index < -0.39 is 10.0 Å². The molecule has 0 aliphatic heterocycles. The van der Waals surface area contributed by atoms with Crippen molar-refractivity contribution in [1.82, 2.24) is 15.4 Å². The fourth-order valence-corrected chi connectivity index (χ4v) is 3.02. The number of sulfonamides is 1. The summed E-state index contributed by atoms with van der Waals surface area (Å²) in [7, 11) is -1.68. The van der Waals surface area contributed by atoms with E-state index >= 15 is 0 Å². The molecule has 1 aromatic rings. The summed E-state index contributed by atoms with van der Waals surface area (Å²) in [4.78, 5) is 4.09. The fourth-order valence-electron chi connectivity index (χ4n) is 2.12. The first-order chi connectivity index (χ1) is 12.6. The van der Waals surface area contributed by atoms with Crippen molar-refractivity contribution >= 4 is 16.0 Å². The van der Waals surface area contributed by atoms with Gasteiger partial charge in [-0.15, -0.1) is 0 Å². The third-order valence-corrected chi connectivity index (χ3v) is 4.95. The first kappa shape index (κ1) is 22.4. The van der Waals surface area contributed by atoms with Crippen molar-refractivity contribution < 1.29 is 13.2 Å². The van der Waals surface area contributed by atoms with E-state index in [-0.39, 0.29) is 12.3 Å². The Kier molecular flexibility index (Phi) is 11.7. The van der Waals surface area contributed by atoms with Gasteiger partial charge in [0.2, 0.25) is 10.0 Å². The van der Waals surface area contributed by atoms with E-state index in [2.05, 4.69) is 27.3 Å². The summed E-state index contributed by atoms with van der Waals surface area (Å²) < 4.78 is 32.2. The number of guanidine groups is 1. The number of ether oxygens (including phenoxy) is 1. The molecule has 0 aliphatic rings. The van der Waals surface area contributed by atoms with Crippen molar-refractivity contribution in [1.29, 1.82) is 0 Å². The second kappa shape index (κ2) is 13.5. The first-order valence-corrected chi connectivity index (χ1v) is 10.8. The summed E-state index contributed by atoms with van der Waals surface area (Å²) >= 11 is 0. The maximum absolute atomic E-state index is 12.0. The third kappa shape index (κ3) is 11.1. The lowest BCUT2D eigenvalue weighted by Crippen LogP contribution is -2.41. The van der Waals surface area contributed by atoms with Crippen molar-refractivity contribution in [3.05, 3.63) is 35.9 Å². The Morgan fingerprint density at radius 1 is 1.08 bits per heavy atom. The molecular weight excluding hydrogens is 352 g/mol. The zero-order valence-electron chi connectivity index (χ0n) is 15.8. The first-order valence-electron chi connectivity index (χ1n) is 9.11. The maximum atomic E-state index is 12.0. The minimum atomic E-state index is -3.34. The predicted molar refractivity (Wildman–Crippen MR) is 107 cm³/mol. The molecule has 0 unspecified atom stereocenters. The Morgan fingerprint density at radius 3 is 2.46 bits per heavy atom. The number of benzene rings is 1. The molecule has 0 bridgehead atoms. The van der Waals surface area contributed by atoms with Crippen LogP contribution < -0.4 is 15.4 Å². The molecular formula is C18H32N4O3S. The number of nitrogens with zero attached hydrogens (tertiary/aromatic N) is 1. The van der Waals surface area contributed by atoms with Gasteiger partial charge in [-0.05, 0) is 18.4 Å². The Labute approximate surface area is 157 Å². The minimum absolute atomic E-state index is 0.0132. The summed E-state index contributed by atoms with van der Waals surface area (Å²) in [5.74, 6) is 0.581. The minimum Gasteiger partial charge on any atom is -0.381 e. The van der Waals surface area contributed by atoms with Gasteiger partial charge in [-0.2, -0.15) is 0 Å². The number of rotatable bonds is 13. The molecule has 8 heteroatoms. The van der Waals surface area contributed by atoms with Gasteiger partial charge >= 0.3 is 0 Å². The highest BCUT2D eigenvalue weighted by Gasteiger charge is 2.10. The predicted octanol–water partition coefficient (Wildman–Crippen LogP) is 1.48. The van der Waals surface area contributed by atoms with Crippen LogP contribution in [0.5, 0.6) is 0 Å². The van der Waals surface area contributed by atoms with E-state index in [0.29, 0.717) is 19.1 Å². The van der Waals surface area contributed by atoms with Gasteiger partial charge in [-0.1, -0.05) is 43.7 Å². The van der Waals surface area contributed by atoms with Crippen LogP contribution in [0.2, 0.25) is 0 Å². The molecule has 0 radical (unpaired) electrons. The Balaban J connectivity index is 2.16. The van der Waals surface area contributed by atoms with Crippen LogP contribution in [0.15, 0.2) is 35.3 Å². The van der Waals surface area contributed by atoms with E-state index in [0.717, 1.165) is 38.0 Å². The summed E-state index contributed by atoms with van der Waals surface area (Å²) in [6.45, 7) is 4.97. The molecule has 148 valence electrons. The quantitative estimate of drug-likeness (QED) is 0.272. The number of nitrogens with one attached hydrogen (secondary N) is 3. The number of hydrogen-bond acceptors (Lipinski definition) is 4. The normalized spacial score (nSPS) is 12.2. The zero-order valence-corrected chi connectivity index (χ0v) is 16.6. The standard InChI is InChI=1S/C18H32N4O3S/c1-3-4-13-25-14-8-11-20-18(19-2)21-12-15-26(23,24)22-16-17-9-6-5-7-10-17/h5-7,9-10,22H,3-4,8,11-16H2,1-2H3,(H2,19,20,21). The van der Waals surface area contributed by atoms with Crippen LogP contribution in [0, 0.1) is 0 Å². The summed E-state index contributed by atoms with van der Waals surface area (Å²) in [6, 6.07) is 9.44. The molecule has 0 spiro atoms. The molecule has 0 aromatic heterocycles.